The number of halogens is 1. The zero-order valence-corrected chi connectivity index (χ0v) is 14.4. The summed E-state index contributed by atoms with van der Waals surface area (Å²) in [6.45, 7) is 9.19. The van der Waals surface area contributed by atoms with Gasteiger partial charge in [0, 0.05) is 33.9 Å². The van der Waals surface area contributed by atoms with Crippen LogP contribution in [0.4, 0.5) is 0 Å². The molecule has 1 unspecified atom stereocenters. The first kappa shape index (κ1) is 15.5. The lowest BCUT2D eigenvalue weighted by Crippen LogP contribution is -2.45. The van der Waals surface area contributed by atoms with Crippen LogP contribution in [0.2, 0.25) is 0 Å². The molecule has 19 heavy (non-hydrogen) atoms. The summed E-state index contributed by atoms with van der Waals surface area (Å²) in [5.74, 6) is 0.741. The number of thiophene rings is 1. The van der Waals surface area contributed by atoms with Gasteiger partial charge in [-0.05, 0) is 53.8 Å². The Labute approximate surface area is 129 Å². The average molecular weight is 345 g/mol. The van der Waals surface area contributed by atoms with Gasteiger partial charge < -0.3 is 5.32 Å². The third-order valence-corrected chi connectivity index (χ3v) is 5.34. The highest BCUT2D eigenvalue weighted by Crippen LogP contribution is 2.24. The van der Waals surface area contributed by atoms with Gasteiger partial charge in [-0.25, -0.2) is 0 Å². The van der Waals surface area contributed by atoms with Crippen LogP contribution in [0.3, 0.4) is 0 Å². The Morgan fingerprint density at radius 3 is 3.00 bits per heavy atom. The minimum absolute atomic E-state index is 0.716. The lowest BCUT2D eigenvalue weighted by molar-refractivity contribution is 0.138. The van der Waals surface area contributed by atoms with Crippen LogP contribution < -0.4 is 5.32 Å². The topological polar surface area (TPSA) is 15.3 Å². The molecule has 0 radical (unpaired) electrons. The number of hydrogen-bond donors (Lipinski definition) is 1. The van der Waals surface area contributed by atoms with Crippen molar-refractivity contribution in [3.05, 3.63) is 20.8 Å². The van der Waals surface area contributed by atoms with Gasteiger partial charge in [-0.15, -0.1) is 11.3 Å². The lowest BCUT2D eigenvalue weighted by Gasteiger charge is -2.35. The molecule has 2 heterocycles. The van der Waals surface area contributed by atoms with Crippen molar-refractivity contribution in [3.63, 3.8) is 0 Å². The third kappa shape index (κ3) is 5.18. The first-order valence-electron chi connectivity index (χ1n) is 7.33. The first-order valence-corrected chi connectivity index (χ1v) is 9.00. The largest absolute Gasteiger partial charge is 0.315 e. The zero-order chi connectivity index (χ0) is 13.7. The summed E-state index contributed by atoms with van der Waals surface area (Å²) in [5.41, 5.74) is 0. The highest BCUT2D eigenvalue weighted by atomic mass is 79.9. The van der Waals surface area contributed by atoms with Gasteiger partial charge in [0.25, 0.3) is 0 Å². The van der Waals surface area contributed by atoms with Gasteiger partial charge in [-0.3, -0.25) is 4.90 Å². The van der Waals surface area contributed by atoms with Gasteiger partial charge in [0.15, 0.2) is 0 Å². The second-order valence-electron chi connectivity index (χ2n) is 5.90. The number of rotatable bonds is 6. The number of nitrogens with zero attached hydrogens (tertiary/aromatic N) is 1. The molecule has 0 spiro atoms. The molecule has 1 fully saturated rings. The van der Waals surface area contributed by atoms with E-state index in [2.05, 4.69) is 51.4 Å². The monoisotopic (exact) mass is 344 g/mol. The first-order chi connectivity index (χ1) is 9.15. The van der Waals surface area contributed by atoms with E-state index in [-0.39, 0.29) is 0 Å². The third-order valence-electron chi connectivity index (χ3n) is 3.66. The number of nitrogens with one attached hydrogen (secondary N) is 1. The minimum Gasteiger partial charge on any atom is -0.315 e. The van der Waals surface area contributed by atoms with Crippen LogP contribution in [-0.4, -0.2) is 30.6 Å². The summed E-state index contributed by atoms with van der Waals surface area (Å²) in [6.07, 6.45) is 4.09. The van der Waals surface area contributed by atoms with E-state index in [0.717, 1.165) is 25.6 Å². The fraction of sp³-hybridized carbons (Fsp3) is 0.733. The standard InChI is InChI=1S/C15H25BrN2S/c1-12(2)8-17-9-14-5-3-4-6-18(14)10-15-7-13(16)11-19-15/h7,11-12,14,17H,3-6,8-10H2,1-2H3. The van der Waals surface area contributed by atoms with Crippen molar-refractivity contribution in [1.29, 1.82) is 0 Å². The highest BCUT2D eigenvalue weighted by Gasteiger charge is 2.22. The van der Waals surface area contributed by atoms with Crippen LogP contribution >= 0.6 is 27.3 Å². The number of likely N-dealkylation sites (tertiary alicyclic amines) is 1. The van der Waals surface area contributed by atoms with Crippen LogP contribution in [0.1, 0.15) is 38.0 Å². The summed E-state index contributed by atoms with van der Waals surface area (Å²) >= 11 is 5.41. The van der Waals surface area contributed by atoms with Crippen LogP contribution in [0.5, 0.6) is 0 Å². The molecule has 0 saturated carbocycles. The molecule has 1 aliphatic rings. The van der Waals surface area contributed by atoms with Gasteiger partial charge in [-0.2, -0.15) is 0 Å². The Morgan fingerprint density at radius 1 is 1.47 bits per heavy atom. The SMILES string of the molecule is CC(C)CNCC1CCCCN1Cc1cc(Br)cs1. The lowest BCUT2D eigenvalue weighted by atomic mass is 10.0. The van der Waals surface area contributed by atoms with Crippen molar-refractivity contribution >= 4 is 27.3 Å². The summed E-state index contributed by atoms with van der Waals surface area (Å²) in [5, 5.41) is 5.81. The maximum absolute atomic E-state index is 3.63. The number of hydrogen-bond acceptors (Lipinski definition) is 3. The van der Waals surface area contributed by atoms with Crippen molar-refractivity contribution < 1.29 is 0 Å². The molecule has 4 heteroatoms. The molecule has 0 amide bonds. The molecule has 2 rings (SSSR count). The Morgan fingerprint density at radius 2 is 2.32 bits per heavy atom. The molecule has 0 aliphatic carbocycles. The van der Waals surface area contributed by atoms with E-state index >= 15 is 0 Å². The normalized spacial score (nSPS) is 21.2. The van der Waals surface area contributed by atoms with Gasteiger partial charge >= 0.3 is 0 Å². The summed E-state index contributed by atoms with van der Waals surface area (Å²) in [6, 6.07) is 2.98. The van der Waals surface area contributed by atoms with Crippen molar-refractivity contribution in [2.24, 2.45) is 5.92 Å². The fourth-order valence-corrected chi connectivity index (χ4v) is 4.15. The van der Waals surface area contributed by atoms with E-state index in [1.807, 2.05) is 11.3 Å². The highest BCUT2D eigenvalue weighted by molar-refractivity contribution is 9.10. The van der Waals surface area contributed by atoms with E-state index in [9.17, 15) is 0 Å². The maximum Gasteiger partial charge on any atom is 0.0331 e. The quantitative estimate of drug-likeness (QED) is 0.835. The van der Waals surface area contributed by atoms with E-state index in [1.54, 1.807) is 0 Å². The molecule has 2 nitrogen and oxygen atoms in total. The molecule has 1 atom stereocenters. The molecule has 1 aromatic rings. The van der Waals surface area contributed by atoms with E-state index in [0.29, 0.717) is 6.04 Å². The van der Waals surface area contributed by atoms with E-state index in [4.69, 9.17) is 0 Å². The average Bonchev–Trinajstić information content (AvgIpc) is 2.77. The molecule has 1 aromatic heterocycles. The summed E-state index contributed by atoms with van der Waals surface area (Å²) in [7, 11) is 0. The van der Waals surface area contributed by atoms with Crippen LogP contribution in [-0.2, 0) is 6.54 Å². The van der Waals surface area contributed by atoms with Gasteiger partial charge in [-0.1, -0.05) is 20.3 Å². The molecule has 0 aromatic carbocycles. The van der Waals surface area contributed by atoms with Crippen LogP contribution in [0, 0.1) is 5.92 Å². The summed E-state index contributed by atoms with van der Waals surface area (Å²) < 4.78 is 1.22. The Balaban J connectivity index is 1.84. The van der Waals surface area contributed by atoms with Crippen LogP contribution in [0.25, 0.3) is 0 Å². The van der Waals surface area contributed by atoms with Crippen molar-refractivity contribution in [3.8, 4) is 0 Å². The van der Waals surface area contributed by atoms with Crippen LogP contribution in [0.15, 0.2) is 15.9 Å². The molecule has 0 bridgehead atoms. The fourth-order valence-electron chi connectivity index (χ4n) is 2.67. The van der Waals surface area contributed by atoms with Gasteiger partial charge in [0.1, 0.15) is 0 Å². The number of piperidine rings is 1. The summed E-state index contributed by atoms with van der Waals surface area (Å²) in [4.78, 5) is 4.14. The smallest absolute Gasteiger partial charge is 0.0331 e. The molecule has 1 saturated heterocycles. The zero-order valence-electron chi connectivity index (χ0n) is 12.0. The Bertz CT molecular complexity index is 378. The molecular formula is C15H25BrN2S. The second-order valence-corrected chi connectivity index (χ2v) is 7.81. The van der Waals surface area contributed by atoms with Crippen molar-refractivity contribution in [2.75, 3.05) is 19.6 Å². The molecule has 108 valence electrons. The predicted molar refractivity (Wildman–Crippen MR) is 87.8 cm³/mol. The molecular weight excluding hydrogens is 320 g/mol. The van der Waals surface area contributed by atoms with Gasteiger partial charge in [0.05, 0.1) is 0 Å². The van der Waals surface area contributed by atoms with Crippen molar-refractivity contribution in [2.45, 2.75) is 45.7 Å². The Hall–Kier alpha value is 0.1000. The Kier molecular flexibility index (Phi) is 6.33. The van der Waals surface area contributed by atoms with E-state index in [1.165, 1.54) is 35.2 Å². The molecule has 1 N–H and O–H groups in total. The van der Waals surface area contributed by atoms with Gasteiger partial charge in [0.2, 0.25) is 0 Å². The van der Waals surface area contributed by atoms with Crippen molar-refractivity contribution in [1.82, 2.24) is 10.2 Å². The van der Waals surface area contributed by atoms with E-state index < -0.39 is 0 Å². The maximum atomic E-state index is 3.63. The minimum atomic E-state index is 0.716. The molecule has 1 aliphatic heterocycles. The second kappa shape index (κ2) is 7.77. The predicted octanol–water partition coefficient (Wildman–Crippen LogP) is 4.11.